The number of nitrogens with one attached hydrogen (secondary N) is 1. The molecule has 2 aromatic carbocycles. The predicted octanol–water partition coefficient (Wildman–Crippen LogP) is 4.92. The van der Waals surface area contributed by atoms with Crippen LogP contribution in [-0.4, -0.2) is 29.9 Å². The zero-order valence-corrected chi connectivity index (χ0v) is 18.8. The van der Waals surface area contributed by atoms with E-state index in [2.05, 4.69) is 10.2 Å². The number of rotatable bonds is 5. The molecule has 6 nitrogen and oxygen atoms in total. The molecule has 3 N–H and O–H groups in total. The Kier molecular flexibility index (Phi) is 5.79. The molecule has 0 saturated carbocycles. The summed E-state index contributed by atoms with van der Waals surface area (Å²) >= 11 is 1.60. The van der Waals surface area contributed by atoms with E-state index in [1.165, 1.54) is 0 Å². The van der Waals surface area contributed by atoms with Crippen molar-refractivity contribution in [2.75, 3.05) is 23.3 Å². The molecular formula is C26H24N4O2S. The normalized spacial score (nSPS) is 14.4. The number of hydrogen-bond donors (Lipinski definition) is 2. The van der Waals surface area contributed by atoms with Gasteiger partial charge in [0.2, 0.25) is 5.91 Å². The lowest BCUT2D eigenvalue weighted by Gasteiger charge is -2.32. The summed E-state index contributed by atoms with van der Waals surface area (Å²) in [5.74, 6) is -0.408. The first-order valence-corrected chi connectivity index (χ1v) is 11.9. The van der Waals surface area contributed by atoms with Crippen LogP contribution in [0.15, 0.2) is 72.1 Å². The molecule has 1 aliphatic heterocycles. The molecule has 0 aliphatic carbocycles. The lowest BCUT2D eigenvalue weighted by molar-refractivity contribution is -0.122. The zero-order chi connectivity index (χ0) is 22.8. The topological polar surface area (TPSA) is 88.3 Å². The summed E-state index contributed by atoms with van der Waals surface area (Å²) in [6, 6.07) is 21.4. The van der Waals surface area contributed by atoms with Gasteiger partial charge in [-0.3, -0.25) is 9.59 Å². The van der Waals surface area contributed by atoms with Gasteiger partial charge in [0.15, 0.2) is 0 Å². The third-order valence-corrected chi connectivity index (χ3v) is 7.01. The van der Waals surface area contributed by atoms with Gasteiger partial charge in [0.05, 0.1) is 21.7 Å². The van der Waals surface area contributed by atoms with E-state index in [-0.39, 0.29) is 17.7 Å². The zero-order valence-electron chi connectivity index (χ0n) is 18.0. The molecule has 0 bridgehead atoms. The smallest absolute Gasteiger partial charge is 0.256 e. The largest absolute Gasteiger partial charge is 0.371 e. The van der Waals surface area contributed by atoms with Crippen LogP contribution in [0.4, 0.5) is 11.4 Å². The second-order valence-corrected chi connectivity index (χ2v) is 9.16. The van der Waals surface area contributed by atoms with Crippen molar-refractivity contribution in [3.8, 4) is 10.6 Å². The van der Waals surface area contributed by atoms with Gasteiger partial charge in [0.1, 0.15) is 0 Å². The third-order valence-electron chi connectivity index (χ3n) is 6.12. The average molecular weight is 457 g/mol. The predicted molar refractivity (Wildman–Crippen MR) is 134 cm³/mol. The molecule has 1 saturated heterocycles. The van der Waals surface area contributed by atoms with E-state index in [0.29, 0.717) is 5.56 Å². The van der Waals surface area contributed by atoms with E-state index in [4.69, 9.17) is 10.7 Å². The highest BCUT2D eigenvalue weighted by Gasteiger charge is 2.23. The fourth-order valence-corrected chi connectivity index (χ4v) is 4.98. The number of benzene rings is 2. The van der Waals surface area contributed by atoms with E-state index in [1.807, 2.05) is 72.1 Å². The first-order valence-electron chi connectivity index (χ1n) is 11.0. The van der Waals surface area contributed by atoms with E-state index in [9.17, 15) is 9.59 Å². The highest BCUT2D eigenvalue weighted by atomic mass is 32.1. The molecular weight excluding hydrogens is 432 g/mol. The number of pyridine rings is 1. The number of aromatic nitrogens is 1. The van der Waals surface area contributed by atoms with E-state index in [1.54, 1.807) is 11.3 Å². The van der Waals surface area contributed by atoms with Gasteiger partial charge < -0.3 is 16.0 Å². The van der Waals surface area contributed by atoms with Crippen LogP contribution in [0.5, 0.6) is 0 Å². The maximum atomic E-state index is 13.2. The van der Waals surface area contributed by atoms with Crippen molar-refractivity contribution in [3.05, 3.63) is 77.7 Å². The molecule has 0 unspecified atom stereocenters. The first kappa shape index (κ1) is 21.2. The summed E-state index contributed by atoms with van der Waals surface area (Å²) in [5, 5.41) is 5.86. The van der Waals surface area contributed by atoms with Gasteiger partial charge in [0.25, 0.3) is 5.91 Å². The van der Waals surface area contributed by atoms with Crippen molar-refractivity contribution in [2.45, 2.75) is 12.8 Å². The fourth-order valence-electron chi connectivity index (χ4n) is 4.29. The lowest BCUT2D eigenvalue weighted by Crippen LogP contribution is -2.38. The van der Waals surface area contributed by atoms with Crippen molar-refractivity contribution in [3.63, 3.8) is 0 Å². The fraction of sp³-hybridized carbons (Fsp3) is 0.192. The van der Waals surface area contributed by atoms with Crippen molar-refractivity contribution in [1.82, 2.24) is 4.98 Å². The number of carbonyl (C=O) groups is 2. The molecule has 0 spiro atoms. The van der Waals surface area contributed by atoms with Crippen LogP contribution in [0.3, 0.4) is 0 Å². The number of piperidine rings is 1. The molecule has 3 heterocycles. The summed E-state index contributed by atoms with van der Waals surface area (Å²) < 4.78 is 0. The summed E-state index contributed by atoms with van der Waals surface area (Å²) in [7, 11) is 0. The van der Waals surface area contributed by atoms with Crippen LogP contribution in [0.1, 0.15) is 23.2 Å². The Balaban J connectivity index is 1.35. The van der Waals surface area contributed by atoms with Crippen molar-refractivity contribution < 1.29 is 9.59 Å². The van der Waals surface area contributed by atoms with Crippen molar-refractivity contribution in [2.24, 2.45) is 11.7 Å². The second-order valence-electron chi connectivity index (χ2n) is 8.21. The molecule has 0 atom stereocenters. The summed E-state index contributed by atoms with van der Waals surface area (Å²) in [6.07, 6.45) is 1.55. The van der Waals surface area contributed by atoms with Gasteiger partial charge in [-0.15, -0.1) is 11.3 Å². The maximum Gasteiger partial charge on any atom is 0.256 e. The van der Waals surface area contributed by atoms with Crippen LogP contribution in [0.2, 0.25) is 0 Å². The lowest BCUT2D eigenvalue weighted by atomic mass is 9.96. The summed E-state index contributed by atoms with van der Waals surface area (Å²) in [6.45, 7) is 1.60. The molecule has 7 heteroatoms. The van der Waals surface area contributed by atoms with Gasteiger partial charge in [0, 0.05) is 35.8 Å². The number of primary amides is 1. The summed E-state index contributed by atoms with van der Waals surface area (Å²) in [5.41, 5.74) is 9.43. The number of anilines is 2. The third kappa shape index (κ3) is 4.45. The molecule has 0 radical (unpaired) electrons. The average Bonchev–Trinajstić information content (AvgIpc) is 3.39. The van der Waals surface area contributed by atoms with E-state index in [0.717, 1.165) is 58.8 Å². The number of carbonyl (C=O) groups excluding carboxylic acids is 2. The Bertz CT molecular complexity index is 1290. The van der Waals surface area contributed by atoms with Gasteiger partial charge in [-0.2, -0.15) is 0 Å². The maximum absolute atomic E-state index is 13.2. The van der Waals surface area contributed by atoms with Crippen molar-refractivity contribution in [1.29, 1.82) is 0 Å². The van der Waals surface area contributed by atoms with Crippen LogP contribution < -0.4 is 16.0 Å². The minimum Gasteiger partial charge on any atom is -0.371 e. The molecule has 33 heavy (non-hydrogen) atoms. The Morgan fingerprint density at radius 2 is 1.76 bits per heavy atom. The van der Waals surface area contributed by atoms with Crippen molar-refractivity contribution >= 4 is 45.4 Å². The van der Waals surface area contributed by atoms with Crippen LogP contribution in [0, 0.1) is 5.92 Å². The number of thiophene rings is 1. The SMILES string of the molecule is NC(=O)C1CCN(c2ccc(NC(=O)c3cc(-c4cccs4)nc4ccccc34)cc2)CC1. The van der Waals surface area contributed by atoms with E-state index < -0.39 is 0 Å². The molecule has 166 valence electrons. The number of nitrogens with zero attached hydrogens (tertiary/aromatic N) is 2. The van der Waals surface area contributed by atoms with Crippen LogP contribution >= 0.6 is 11.3 Å². The first-order chi connectivity index (χ1) is 16.1. The standard InChI is InChI=1S/C26H24N4O2S/c27-25(31)17-11-13-30(14-12-17)19-9-7-18(8-10-19)28-26(32)21-16-23(24-6-3-15-33-24)29-22-5-2-1-4-20(21)22/h1-10,15-17H,11-14H2,(H2,27,31)(H,28,32). The van der Waals surface area contributed by atoms with Gasteiger partial charge in [-0.25, -0.2) is 4.98 Å². The Hall–Kier alpha value is -3.71. The number of amides is 2. The Morgan fingerprint density at radius 1 is 1.00 bits per heavy atom. The Labute approximate surface area is 196 Å². The summed E-state index contributed by atoms with van der Waals surface area (Å²) in [4.78, 5) is 32.7. The molecule has 5 rings (SSSR count). The highest BCUT2D eigenvalue weighted by molar-refractivity contribution is 7.13. The van der Waals surface area contributed by atoms with Gasteiger partial charge in [-0.1, -0.05) is 24.3 Å². The van der Waals surface area contributed by atoms with Gasteiger partial charge in [-0.05, 0) is 60.7 Å². The number of fused-ring (bicyclic) bond motifs is 1. The molecule has 1 aliphatic rings. The second kappa shape index (κ2) is 9.03. The highest BCUT2D eigenvalue weighted by Crippen LogP contribution is 2.29. The molecule has 1 fully saturated rings. The van der Waals surface area contributed by atoms with Gasteiger partial charge >= 0.3 is 0 Å². The van der Waals surface area contributed by atoms with Crippen LogP contribution in [0.25, 0.3) is 21.5 Å². The quantitative estimate of drug-likeness (QED) is 0.446. The minimum atomic E-state index is -0.210. The number of para-hydroxylation sites is 1. The Morgan fingerprint density at radius 3 is 2.45 bits per heavy atom. The number of hydrogen-bond acceptors (Lipinski definition) is 5. The van der Waals surface area contributed by atoms with E-state index >= 15 is 0 Å². The van der Waals surface area contributed by atoms with Crippen LogP contribution in [-0.2, 0) is 4.79 Å². The minimum absolute atomic E-state index is 0.0333. The number of nitrogens with two attached hydrogens (primary N) is 1. The monoisotopic (exact) mass is 456 g/mol. The molecule has 4 aromatic rings. The molecule has 2 aromatic heterocycles. The molecule has 2 amide bonds.